The number of hydrogen-bond donors (Lipinski definition) is 2. The van der Waals surface area contributed by atoms with Crippen LogP contribution in [-0.2, 0) is 0 Å². The Bertz CT molecular complexity index is 846. The maximum absolute atomic E-state index is 13.6. The first-order chi connectivity index (χ1) is 11.1. The highest BCUT2D eigenvalue weighted by Crippen LogP contribution is 2.20. The standard InChI is InChI=1S/C16H10F3N3O/c17-12-6-5-11(14(18)15(12)19)16(23)21-10-3-1-9(2-4-10)13-7-8-20-22-13/h1-8H,(H,20,22)(H,21,23). The van der Waals surface area contributed by atoms with Crippen LogP contribution in [0.1, 0.15) is 10.4 Å². The molecule has 0 radical (unpaired) electrons. The number of H-pyrrole nitrogens is 1. The third kappa shape index (κ3) is 2.94. The third-order valence-electron chi connectivity index (χ3n) is 3.23. The molecule has 7 heteroatoms. The fourth-order valence-electron chi connectivity index (χ4n) is 2.05. The summed E-state index contributed by atoms with van der Waals surface area (Å²) in [7, 11) is 0. The van der Waals surface area contributed by atoms with Crippen molar-refractivity contribution in [2.45, 2.75) is 0 Å². The first kappa shape index (κ1) is 14.8. The van der Waals surface area contributed by atoms with Gasteiger partial charge in [-0.05, 0) is 35.9 Å². The van der Waals surface area contributed by atoms with Gasteiger partial charge in [-0.25, -0.2) is 13.2 Å². The highest BCUT2D eigenvalue weighted by molar-refractivity contribution is 6.04. The van der Waals surface area contributed by atoms with E-state index in [9.17, 15) is 18.0 Å². The molecular weight excluding hydrogens is 307 g/mol. The lowest BCUT2D eigenvalue weighted by Gasteiger charge is -2.07. The van der Waals surface area contributed by atoms with Crippen LogP contribution in [0.4, 0.5) is 18.9 Å². The van der Waals surface area contributed by atoms with Gasteiger partial charge in [0, 0.05) is 11.9 Å². The number of hydrogen-bond acceptors (Lipinski definition) is 2. The van der Waals surface area contributed by atoms with Crippen molar-refractivity contribution in [3.63, 3.8) is 0 Å². The number of nitrogens with one attached hydrogen (secondary N) is 2. The van der Waals surface area contributed by atoms with Gasteiger partial charge in [-0.3, -0.25) is 9.89 Å². The summed E-state index contributed by atoms with van der Waals surface area (Å²) in [4.78, 5) is 12.0. The van der Waals surface area contributed by atoms with Gasteiger partial charge >= 0.3 is 0 Å². The minimum Gasteiger partial charge on any atom is -0.322 e. The van der Waals surface area contributed by atoms with E-state index in [1.54, 1.807) is 36.5 Å². The Kier molecular flexibility index (Phi) is 3.84. The largest absolute Gasteiger partial charge is 0.322 e. The van der Waals surface area contributed by atoms with E-state index in [-0.39, 0.29) is 0 Å². The van der Waals surface area contributed by atoms with Crippen LogP contribution < -0.4 is 5.32 Å². The minimum absolute atomic E-state index is 0.391. The fourth-order valence-corrected chi connectivity index (χ4v) is 2.05. The predicted octanol–water partition coefficient (Wildman–Crippen LogP) is 3.75. The molecule has 116 valence electrons. The lowest BCUT2D eigenvalue weighted by molar-refractivity contribution is 0.102. The Labute approximate surface area is 129 Å². The molecule has 0 saturated heterocycles. The summed E-state index contributed by atoms with van der Waals surface area (Å²) in [5.74, 6) is -5.40. The van der Waals surface area contributed by atoms with E-state index in [1.165, 1.54) is 0 Å². The van der Waals surface area contributed by atoms with Crippen LogP contribution >= 0.6 is 0 Å². The average Bonchev–Trinajstić information content (AvgIpc) is 3.08. The van der Waals surface area contributed by atoms with E-state index < -0.39 is 28.9 Å². The van der Waals surface area contributed by atoms with Crippen molar-refractivity contribution in [3.05, 3.63) is 71.7 Å². The number of carbonyl (C=O) groups excluding carboxylic acids is 1. The second-order valence-corrected chi connectivity index (χ2v) is 4.72. The lowest BCUT2D eigenvalue weighted by atomic mass is 10.1. The molecule has 1 amide bonds. The van der Waals surface area contributed by atoms with Gasteiger partial charge in [0.2, 0.25) is 0 Å². The maximum atomic E-state index is 13.6. The molecule has 0 fully saturated rings. The Hall–Kier alpha value is -3.09. The summed E-state index contributed by atoms with van der Waals surface area (Å²) in [5, 5.41) is 9.05. The van der Waals surface area contributed by atoms with Gasteiger partial charge in [-0.2, -0.15) is 5.10 Å². The number of halogens is 3. The Balaban J connectivity index is 1.79. The Morgan fingerprint density at radius 3 is 2.35 bits per heavy atom. The normalized spacial score (nSPS) is 10.6. The highest BCUT2D eigenvalue weighted by atomic mass is 19.2. The first-order valence-corrected chi connectivity index (χ1v) is 6.61. The SMILES string of the molecule is O=C(Nc1ccc(-c2ccn[nH]2)cc1)c1ccc(F)c(F)c1F. The van der Waals surface area contributed by atoms with Crippen LogP contribution in [0.2, 0.25) is 0 Å². The number of rotatable bonds is 3. The van der Waals surface area contributed by atoms with E-state index in [0.29, 0.717) is 11.8 Å². The molecule has 0 aliphatic carbocycles. The molecule has 2 aromatic carbocycles. The van der Waals surface area contributed by atoms with Crippen molar-refractivity contribution in [1.82, 2.24) is 10.2 Å². The van der Waals surface area contributed by atoms with Crippen molar-refractivity contribution < 1.29 is 18.0 Å². The molecule has 0 atom stereocenters. The quantitative estimate of drug-likeness (QED) is 0.723. The second kappa shape index (κ2) is 5.96. The predicted molar refractivity (Wildman–Crippen MR) is 78.3 cm³/mol. The molecule has 0 aliphatic heterocycles. The molecule has 0 spiro atoms. The fraction of sp³-hybridized carbons (Fsp3) is 0. The number of anilines is 1. The number of carbonyl (C=O) groups is 1. The molecule has 3 aromatic rings. The number of amides is 1. The first-order valence-electron chi connectivity index (χ1n) is 6.61. The zero-order valence-corrected chi connectivity index (χ0v) is 11.6. The molecule has 0 saturated carbocycles. The van der Waals surface area contributed by atoms with Crippen LogP contribution in [0.3, 0.4) is 0 Å². The minimum atomic E-state index is -1.67. The van der Waals surface area contributed by atoms with Crippen molar-refractivity contribution in [3.8, 4) is 11.3 Å². The summed E-state index contributed by atoms with van der Waals surface area (Å²) in [5.41, 5.74) is 1.47. The van der Waals surface area contributed by atoms with Crippen LogP contribution in [0.15, 0.2) is 48.7 Å². The zero-order chi connectivity index (χ0) is 16.4. The van der Waals surface area contributed by atoms with E-state index in [2.05, 4.69) is 15.5 Å². The molecular formula is C16H10F3N3O. The van der Waals surface area contributed by atoms with Gasteiger partial charge in [0.1, 0.15) is 0 Å². The monoisotopic (exact) mass is 317 g/mol. The Morgan fingerprint density at radius 1 is 0.957 bits per heavy atom. The van der Waals surface area contributed by atoms with Gasteiger partial charge in [0.15, 0.2) is 17.5 Å². The van der Waals surface area contributed by atoms with E-state index >= 15 is 0 Å². The van der Waals surface area contributed by atoms with Gasteiger partial charge in [-0.1, -0.05) is 12.1 Å². The summed E-state index contributed by atoms with van der Waals surface area (Å²) in [6, 6.07) is 10.0. The average molecular weight is 317 g/mol. The van der Waals surface area contributed by atoms with E-state index in [0.717, 1.165) is 17.3 Å². The van der Waals surface area contributed by atoms with Gasteiger partial charge in [0.05, 0.1) is 11.3 Å². The van der Waals surface area contributed by atoms with Gasteiger partial charge in [0.25, 0.3) is 5.91 Å². The number of nitrogens with zero attached hydrogens (tertiary/aromatic N) is 1. The lowest BCUT2D eigenvalue weighted by Crippen LogP contribution is -2.15. The summed E-state index contributed by atoms with van der Waals surface area (Å²) < 4.78 is 39.6. The molecule has 1 aromatic heterocycles. The van der Waals surface area contributed by atoms with Crippen LogP contribution in [0.25, 0.3) is 11.3 Å². The molecule has 2 N–H and O–H groups in total. The topological polar surface area (TPSA) is 57.8 Å². The molecule has 0 aliphatic rings. The van der Waals surface area contributed by atoms with Crippen molar-refractivity contribution in [1.29, 1.82) is 0 Å². The number of benzene rings is 2. The molecule has 1 heterocycles. The van der Waals surface area contributed by atoms with Crippen molar-refractivity contribution in [2.24, 2.45) is 0 Å². The third-order valence-corrected chi connectivity index (χ3v) is 3.23. The number of aromatic nitrogens is 2. The second-order valence-electron chi connectivity index (χ2n) is 4.72. The van der Waals surface area contributed by atoms with Gasteiger partial charge < -0.3 is 5.32 Å². The summed E-state index contributed by atoms with van der Waals surface area (Å²) in [6.07, 6.45) is 1.61. The van der Waals surface area contributed by atoms with Crippen LogP contribution in [0.5, 0.6) is 0 Å². The molecule has 0 bridgehead atoms. The molecule has 23 heavy (non-hydrogen) atoms. The summed E-state index contributed by atoms with van der Waals surface area (Å²) >= 11 is 0. The molecule has 3 rings (SSSR count). The van der Waals surface area contributed by atoms with Gasteiger partial charge in [-0.15, -0.1) is 0 Å². The molecule has 4 nitrogen and oxygen atoms in total. The smallest absolute Gasteiger partial charge is 0.258 e. The molecule has 0 unspecified atom stereocenters. The number of aromatic amines is 1. The van der Waals surface area contributed by atoms with Crippen LogP contribution in [-0.4, -0.2) is 16.1 Å². The van der Waals surface area contributed by atoms with Crippen molar-refractivity contribution in [2.75, 3.05) is 5.32 Å². The zero-order valence-electron chi connectivity index (χ0n) is 11.6. The van der Waals surface area contributed by atoms with Crippen molar-refractivity contribution >= 4 is 11.6 Å². The van der Waals surface area contributed by atoms with E-state index in [4.69, 9.17) is 0 Å². The maximum Gasteiger partial charge on any atom is 0.258 e. The summed E-state index contributed by atoms with van der Waals surface area (Å²) in [6.45, 7) is 0. The Morgan fingerprint density at radius 2 is 1.70 bits per heavy atom. The highest BCUT2D eigenvalue weighted by Gasteiger charge is 2.18. The van der Waals surface area contributed by atoms with Crippen LogP contribution in [0, 0.1) is 17.5 Å². The van der Waals surface area contributed by atoms with E-state index in [1.807, 2.05) is 0 Å².